The third-order valence-electron chi connectivity index (χ3n) is 3.30. The fourth-order valence-corrected chi connectivity index (χ4v) is 1.99. The fraction of sp³-hybridized carbons (Fsp3) is 0.722. The van der Waals surface area contributed by atoms with Crippen LogP contribution < -0.4 is 0 Å². The zero-order valence-electron chi connectivity index (χ0n) is 14.6. The molecule has 118 valence electrons. The van der Waals surface area contributed by atoms with E-state index in [1.54, 1.807) is 6.08 Å². The average molecular weight is 281 g/mol. The first-order chi connectivity index (χ1) is 9.47. The number of ketones is 1. The minimum Gasteiger partial charge on any atom is -0.368 e. The minimum atomic E-state index is 0.00106. The van der Waals surface area contributed by atoms with Crippen LogP contribution in [0.4, 0.5) is 0 Å². The van der Waals surface area contributed by atoms with Crippen molar-refractivity contribution in [2.75, 3.05) is 6.54 Å². The van der Waals surface area contributed by atoms with Gasteiger partial charge in [-0.15, -0.1) is 0 Å². The smallest absolute Gasteiger partial charge is 0.157 e. The lowest BCUT2D eigenvalue weighted by molar-refractivity contribution is -0.127. The van der Waals surface area contributed by atoms with Crippen molar-refractivity contribution in [3.05, 3.63) is 24.9 Å². The van der Waals surface area contributed by atoms with Gasteiger partial charge in [-0.3, -0.25) is 4.79 Å². The third-order valence-corrected chi connectivity index (χ3v) is 3.30. The monoisotopic (exact) mass is 281 g/mol. The zero-order valence-corrected chi connectivity index (χ0v) is 14.6. The minimum absolute atomic E-state index is 0.00106. The first kappa shape index (κ1) is 21.3. The molecule has 0 saturated heterocycles. The molecule has 0 aliphatic heterocycles. The van der Waals surface area contributed by atoms with Crippen molar-refractivity contribution >= 4 is 5.78 Å². The molecule has 0 aliphatic carbocycles. The Labute approximate surface area is 126 Å². The van der Waals surface area contributed by atoms with Crippen molar-refractivity contribution in [1.29, 1.82) is 0 Å². The van der Waals surface area contributed by atoms with Gasteiger partial charge in [-0.05, 0) is 38.0 Å². The van der Waals surface area contributed by atoms with Crippen molar-refractivity contribution in [2.24, 2.45) is 11.8 Å². The second-order valence-corrected chi connectivity index (χ2v) is 5.26. The lowest BCUT2D eigenvalue weighted by atomic mass is 9.91. The number of likely N-dealkylation sites (N-methyl/N-ethyl adjacent to an activating group) is 1. The van der Waals surface area contributed by atoms with Crippen LogP contribution >= 0.6 is 0 Å². The van der Waals surface area contributed by atoms with Crippen LogP contribution in [-0.2, 0) is 4.79 Å². The first-order valence-corrected chi connectivity index (χ1v) is 8.06. The van der Waals surface area contributed by atoms with Gasteiger partial charge >= 0.3 is 0 Å². The molecule has 2 heteroatoms. The van der Waals surface area contributed by atoms with Gasteiger partial charge < -0.3 is 4.90 Å². The number of hydrogen-bond acceptors (Lipinski definition) is 2. The van der Waals surface area contributed by atoms with E-state index in [4.69, 9.17) is 0 Å². The van der Waals surface area contributed by atoms with Crippen LogP contribution in [0.3, 0.4) is 0 Å². The molecule has 0 N–H and O–H groups in total. The molecule has 0 aliphatic rings. The van der Waals surface area contributed by atoms with Gasteiger partial charge in [0.2, 0.25) is 0 Å². The van der Waals surface area contributed by atoms with E-state index >= 15 is 0 Å². The summed E-state index contributed by atoms with van der Waals surface area (Å²) in [6.45, 7) is 19.1. The molecule has 0 spiro atoms. The van der Waals surface area contributed by atoms with E-state index in [1.807, 2.05) is 33.0 Å². The molecule has 2 nitrogen and oxygen atoms in total. The summed E-state index contributed by atoms with van der Waals surface area (Å²) in [5.41, 5.74) is 0. The largest absolute Gasteiger partial charge is 0.368 e. The number of Topliss-reactive ketones (excluding diaryl/α,β-unsaturated/α-hetero) is 1. The molecule has 0 saturated carbocycles. The molecule has 0 amide bonds. The molecule has 0 heterocycles. The lowest BCUT2D eigenvalue weighted by Crippen LogP contribution is -2.41. The predicted octanol–water partition coefficient (Wildman–Crippen LogP) is 5.06. The van der Waals surface area contributed by atoms with Gasteiger partial charge in [0.25, 0.3) is 0 Å². The van der Waals surface area contributed by atoms with E-state index in [0.29, 0.717) is 11.7 Å². The Bertz CT molecular complexity index is 281. The Balaban J connectivity index is 0. The highest BCUT2D eigenvalue weighted by molar-refractivity contribution is 5.86. The quantitative estimate of drug-likeness (QED) is 0.550. The molecule has 2 unspecified atom stereocenters. The van der Waals surface area contributed by atoms with Gasteiger partial charge in [-0.1, -0.05) is 54.2 Å². The topological polar surface area (TPSA) is 20.3 Å². The molecule has 20 heavy (non-hydrogen) atoms. The highest BCUT2D eigenvalue weighted by Gasteiger charge is 2.26. The lowest BCUT2D eigenvalue weighted by Gasteiger charge is -2.31. The summed E-state index contributed by atoms with van der Waals surface area (Å²) < 4.78 is 0. The maximum Gasteiger partial charge on any atom is 0.157 e. The van der Waals surface area contributed by atoms with E-state index in [0.717, 1.165) is 19.4 Å². The molecule has 0 rings (SSSR count). The number of carbonyl (C=O) groups excluding carboxylic acids is 1. The van der Waals surface area contributed by atoms with Crippen LogP contribution in [0.2, 0.25) is 0 Å². The first-order valence-electron chi connectivity index (χ1n) is 8.06. The molecule has 0 fully saturated rings. The van der Waals surface area contributed by atoms with Crippen LogP contribution in [0, 0.1) is 11.8 Å². The van der Waals surface area contributed by atoms with Gasteiger partial charge in [0.05, 0.1) is 6.04 Å². The maximum absolute atomic E-state index is 12.5. The molecule has 0 aromatic carbocycles. The van der Waals surface area contributed by atoms with Crippen molar-refractivity contribution in [3.8, 4) is 0 Å². The summed E-state index contributed by atoms with van der Waals surface area (Å²) >= 11 is 0. The molecule has 0 aromatic rings. The number of rotatable bonds is 9. The predicted molar refractivity (Wildman–Crippen MR) is 90.8 cm³/mol. The van der Waals surface area contributed by atoms with E-state index in [2.05, 4.69) is 39.2 Å². The highest BCUT2D eigenvalue weighted by atomic mass is 16.1. The fourth-order valence-electron chi connectivity index (χ4n) is 1.99. The maximum atomic E-state index is 12.5. The van der Waals surface area contributed by atoms with Crippen LogP contribution in [0.5, 0.6) is 0 Å². The van der Waals surface area contributed by atoms with Crippen LogP contribution in [0.15, 0.2) is 24.9 Å². The van der Waals surface area contributed by atoms with Crippen molar-refractivity contribution in [3.63, 3.8) is 0 Å². The number of nitrogens with zero attached hydrogens (tertiary/aromatic N) is 1. The SMILES string of the molecule is C=C/C=C\N(CC)C(CC(C)C)C(=O)C(C)CC.CC. The average Bonchev–Trinajstić information content (AvgIpc) is 2.46. The van der Waals surface area contributed by atoms with Gasteiger partial charge in [-0.2, -0.15) is 0 Å². The van der Waals surface area contributed by atoms with Gasteiger partial charge in [0, 0.05) is 12.5 Å². The summed E-state index contributed by atoms with van der Waals surface area (Å²) in [4.78, 5) is 14.6. The zero-order chi connectivity index (χ0) is 16.1. The van der Waals surface area contributed by atoms with E-state index in [1.165, 1.54) is 0 Å². The number of allylic oxidation sites excluding steroid dienone is 2. The Kier molecular flexibility index (Phi) is 13.8. The summed E-state index contributed by atoms with van der Waals surface area (Å²) in [5, 5.41) is 0. The van der Waals surface area contributed by atoms with Crippen LogP contribution in [0.25, 0.3) is 0 Å². The molecule has 2 atom stereocenters. The van der Waals surface area contributed by atoms with Gasteiger partial charge in [0.1, 0.15) is 0 Å². The molecule has 0 bridgehead atoms. The Hall–Kier alpha value is -1.05. The number of hydrogen-bond donors (Lipinski definition) is 0. The van der Waals surface area contributed by atoms with Crippen LogP contribution in [-0.4, -0.2) is 23.3 Å². The molecule has 0 aromatic heterocycles. The van der Waals surface area contributed by atoms with Crippen LogP contribution in [0.1, 0.15) is 61.3 Å². The summed E-state index contributed by atoms with van der Waals surface area (Å²) in [7, 11) is 0. The summed E-state index contributed by atoms with van der Waals surface area (Å²) in [6, 6.07) is 0.00106. The molecular formula is C18H35NO. The normalized spacial score (nSPS) is 13.6. The summed E-state index contributed by atoms with van der Waals surface area (Å²) in [6.07, 6.45) is 7.47. The Morgan fingerprint density at radius 1 is 1.20 bits per heavy atom. The van der Waals surface area contributed by atoms with Gasteiger partial charge in [-0.25, -0.2) is 0 Å². The van der Waals surface area contributed by atoms with Crippen molar-refractivity contribution in [2.45, 2.75) is 67.3 Å². The summed E-state index contributed by atoms with van der Waals surface area (Å²) in [5.74, 6) is 1.02. The van der Waals surface area contributed by atoms with Gasteiger partial charge in [0.15, 0.2) is 5.78 Å². The van der Waals surface area contributed by atoms with Crippen molar-refractivity contribution < 1.29 is 4.79 Å². The Morgan fingerprint density at radius 3 is 2.10 bits per heavy atom. The van der Waals surface area contributed by atoms with E-state index < -0.39 is 0 Å². The third kappa shape index (κ3) is 8.19. The highest BCUT2D eigenvalue weighted by Crippen LogP contribution is 2.18. The number of carbonyl (C=O) groups is 1. The molecule has 0 radical (unpaired) electrons. The van der Waals surface area contributed by atoms with E-state index in [9.17, 15) is 4.79 Å². The second-order valence-electron chi connectivity index (χ2n) is 5.26. The standard InChI is InChI=1S/C16H29NO.C2H6/c1-7-10-11-17(9-3)15(12-13(4)5)16(18)14(6)8-2;1-2/h7,10-11,13-15H,1,8-9,12H2,2-6H3;1-2H3/b11-10-;. The van der Waals surface area contributed by atoms with E-state index in [-0.39, 0.29) is 12.0 Å². The molecular weight excluding hydrogens is 246 g/mol. The Morgan fingerprint density at radius 2 is 1.75 bits per heavy atom. The second kappa shape index (κ2) is 13.0. The van der Waals surface area contributed by atoms with Crippen molar-refractivity contribution in [1.82, 2.24) is 4.90 Å².